The zero-order valence-corrected chi connectivity index (χ0v) is 23.7. The van der Waals surface area contributed by atoms with Crippen molar-refractivity contribution in [3.05, 3.63) is 66.9 Å². The number of halogens is 1. The fourth-order valence-electron chi connectivity index (χ4n) is 5.11. The predicted molar refractivity (Wildman–Crippen MR) is 152 cm³/mol. The third kappa shape index (κ3) is 6.53. The number of benzene rings is 2. The molecule has 1 aliphatic rings. The summed E-state index contributed by atoms with van der Waals surface area (Å²) in [5, 5.41) is 12.0. The second kappa shape index (κ2) is 11.3. The summed E-state index contributed by atoms with van der Waals surface area (Å²) in [5.41, 5.74) is 1.94. The van der Waals surface area contributed by atoms with Crippen molar-refractivity contribution in [2.45, 2.75) is 71.9 Å². The van der Waals surface area contributed by atoms with Crippen LogP contribution in [0.1, 0.15) is 57.6 Å². The number of aromatic nitrogens is 1. The largest absolute Gasteiger partial charge is 0.492 e. The highest BCUT2D eigenvalue weighted by Gasteiger charge is 2.31. The minimum atomic E-state index is -0.601. The van der Waals surface area contributed by atoms with E-state index in [-0.39, 0.29) is 40.8 Å². The lowest BCUT2D eigenvalue weighted by Gasteiger charge is -2.36. The van der Waals surface area contributed by atoms with Crippen LogP contribution in [0, 0.1) is 24.0 Å². The highest BCUT2D eigenvalue weighted by Crippen LogP contribution is 2.38. The third-order valence-corrected chi connectivity index (χ3v) is 7.00. The van der Waals surface area contributed by atoms with Crippen LogP contribution < -0.4 is 10.3 Å². The number of carbonyl (C=O) groups excluding carboxylic acids is 1. The summed E-state index contributed by atoms with van der Waals surface area (Å²) in [4.78, 5) is 41.9. The summed E-state index contributed by atoms with van der Waals surface area (Å²) in [5.74, 6) is 0.248. The number of nitrogens with one attached hydrogen (secondary N) is 1. The average molecular weight is 556 g/mol. The standard InChI is InChI=1S/C29H34ClN3O6/c1-17-12-18(2)14-19(13-17)25-26(21-15-24(33(36)37)22(30)16-23(21)31-27(25)34)38-11-9-20-8-6-7-10-32(20)28(35)39-29(3,4)5/h12-16,20H,6-11H2,1-5H3,(H,31,34). The lowest BCUT2D eigenvalue weighted by Crippen LogP contribution is -2.46. The predicted octanol–water partition coefficient (Wildman–Crippen LogP) is 6.93. The number of carbonyl (C=O) groups is 1. The van der Waals surface area contributed by atoms with Crippen LogP contribution in [0.4, 0.5) is 10.5 Å². The van der Waals surface area contributed by atoms with E-state index in [0.29, 0.717) is 35.0 Å². The Morgan fingerprint density at radius 1 is 1.15 bits per heavy atom. The smallest absolute Gasteiger partial charge is 0.410 e. The average Bonchev–Trinajstić information content (AvgIpc) is 2.82. The van der Waals surface area contributed by atoms with E-state index in [4.69, 9.17) is 21.1 Å². The summed E-state index contributed by atoms with van der Waals surface area (Å²) in [6, 6.07) is 8.38. The first-order valence-electron chi connectivity index (χ1n) is 13.1. The van der Waals surface area contributed by atoms with Gasteiger partial charge in [-0.05, 0) is 65.5 Å². The van der Waals surface area contributed by atoms with Gasteiger partial charge in [0.05, 0.1) is 22.6 Å². The molecule has 0 spiro atoms. The van der Waals surface area contributed by atoms with Gasteiger partial charge in [-0.1, -0.05) is 40.9 Å². The van der Waals surface area contributed by atoms with E-state index in [0.717, 1.165) is 30.4 Å². The van der Waals surface area contributed by atoms with Crippen LogP contribution in [-0.4, -0.2) is 45.7 Å². The minimum absolute atomic E-state index is 0.0801. The number of pyridine rings is 1. The molecule has 0 radical (unpaired) electrons. The first-order valence-corrected chi connectivity index (χ1v) is 13.5. The molecule has 0 bridgehead atoms. The van der Waals surface area contributed by atoms with Crippen molar-refractivity contribution < 1.29 is 19.2 Å². The molecule has 1 aromatic heterocycles. The van der Waals surface area contributed by atoms with Crippen LogP contribution in [0.3, 0.4) is 0 Å². The van der Waals surface area contributed by atoms with E-state index in [2.05, 4.69) is 4.98 Å². The molecule has 9 nitrogen and oxygen atoms in total. The van der Waals surface area contributed by atoms with Crippen molar-refractivity contribution in [3.63, 3.8) is 0 Å². The zero-order valence-electron chi connectivity index (χ0n) is 22.9. The van der Waals surface area contributed by atoms with Crippen molar-refractivity contribution in [3.8, 4) is 16.9 Å². The lowest BCUT2D eigenvalue weighted by molar-refractivity contribution is -0.384. The number of fused-ring (bicyclic) bond motifs is 1. The molecule has 1 amide bonds. The number of rotatable bonds is 6. The Hall–Kier alpha value is -3.59. The Balaban J connectivity index is 1.73. The second-order valence-electron chi connectivity index (χ2n) is 11.1. The van der Waals surface area contributed by atoms with Gasteiger partial charge in [0.25, 0.3) is 11.2 Å². The molecule has 4 rings (SSSR count). The summed E-state index contributed by atoms with van der Waals surface area (Å²) >= 11 is 6.14. The zero-order chi connectivity index (χ0) is 28.5. The van der Waals surface area contributed by atoms with E-state index in [1.54, 1.807) is 4.90 Å². The molecule has 10 heteroatoms. The summed E-state index contributed by atoms with van der Waals surface area (Å²) in [7, 11) is 0. The maximum absolute atomic E-state index is 13.4. The van der Waals surface area contributed by atoms with Crippen molar-refractivity contribution >= 4 is 34.3 Å². The third-order valence-electron chi connectivity index (χ3n) is 6.69. The van der Waals surface area contributed by atoms with Crippen LogP contribution in [0.5, 0.6) is 5.75 Å². The Labute approximate surface area is 232 Å². The minimum Gasteiger partial charge on any atom is -0.492 e. The molecule has 39 heavy (non-hydrogen) atoms. The molecule has 2 heterocycles. The Bertz CT molecular complexity index is 1460. The number of aryl methyl sites for hydroxylation is 2. The molecule has 1 saturated heterocycles. The first-order chi connectivity index (χ1) is 18.3. The molecule has 1 fully saturated rings. The van der Waals surface area contributed by atoms with Gasteiger partial charge in [-0.15, -0.1) is 0 Å². The Morgan fingerprint density at radius 2 is 1.85 bits per heavy atom. The summed E-state index contributed by atoms with van der Waals surface area (Å²) in [6.07, 6.45) is 2.85. The van der Waals surface area contributed by atoms with E-state index in [1.165, 1.54) is 12.1 Å². The number of H-pyrrole nitrogens is 1. The van der Waals surface area contributed by atoms with Crippen molar-refractivity contribution in [2.75, 3.05) is 13.2 Å². The maximum Gasteiger partial charge on any atom is 0.410 e. The molecule has 3 aromatic rings. The van der Waals surface area contributed by atoms with Gasteiger partial charge in [0.1, 0.15) is 16.4 Å². The number of piperidine rings is 1. The lowest BCUT2D eigenvalue weighted by atomic mass is 9.98. The fraction of sp³-hybridized carbons (Fsp3) is 0.448. The quantitative estimate of drug-likeness (QED) is 0.260. The molecular weight excluding hydrogens is 522 g/mol. The van der Waals surface area contributed by atoms with Crippen molar-refractivity contribution in [2.24, 2.45) is 0 Å². The number of nitrogens with zero attached hydrogens (tertiary/aromatic N) is 2. The van der Waals surface area contributed by atoms with E-state index < -0.39 is 10.5 Å². The molecule has 0 aliphatic carbocycles. The van der Waals surface area contributed by atoms with Crippen LogP contribution in [0.2, 0.25) is 5.02 Å². The molecular formula is C29H34ClN3O6. The fourth-order valence-corrected chi connectivity index (χ4v) is 5.34. The maximum atomic E-state index is 13.4. The number of hydrogen-bond donors (Lipinski definition) is 1. The van der Waals surface area contributed by atoms with Crippen LogP contribution in [0.15, 0.2) is 35.1 Å². The number of aromatic amines is 1. The van der Waals surface area contributed by atoms with E-state index in [1.807, 2.05) is 52.8 Å². The van der Waals surface area contributed by atoms with E-state index >= 15 is 0 Å². The number of nitro benzene ring substituents is 1. The molecule has 1 unspecified atom stereocenters. The molecule has 1 aliphatic heterocycles. The van der Waals surface area contributed by atoms with Crippen LogP contribution in [0.25, 0.3) is 22.0 Å². The molecule has 1 N–H and O–H groups in total. The molecule has 2 aromatic carbocycles. The summed E-state index contributed by atoms with van der Waals surface area (Å²) in [6.45, 7) is 10.2. The van der Waals surface area contributed by atoms with Gasteiger partial charge < -0.3 is 19.4 Å². The topological polar surface area (TPSA) is 115 Å². The molecule has 208 valence electrons. The molecule has 0 saturated carbocycles. The van der Waals surface area contributed by atoms with Crippen LogP contribution >= 0.6 is 11.6 Å². The summed E-state index contributed by atoms with van der Waals surface area (Å²) < 4.78 is 11.9. The number of amides is 1. The SMILES string of the molecule is Cc1cc(C)cc(-c2c(OCCC3CCCCN3C(=O)OC(C)(C)C)c3cc([N+](=O)[O-])c(Cl)cc3[nH]c2=O)c1. The number of likely N-dealkylation sites (tertiary alicyclic amines) is 1. The van der Waals surface area contributed by atoms with Gasteiger partial charge in [-0.2, -0.15) is 0 Å². The monoisotopic (exact) mass is 555 g/mol. The Morgan fingerprint density at radius 3 is 2.49 bits per heavy atom. The highest BCUT2D eigenvalue weighted by atomic mass is 35.5. The van der Waals surface area contributed by atoms with Gasteiger partial charge in [0.2, 0.25) is 0 Å². The van der Waals surface area contributed by atoms with Crippen molar-refractivity contribution in [1.29, 1.82) is 0 Å². The normalized spacial score (nSPS) is 15.8. The highest BCUT2D eigenvalue weighted by molar-refractivity contribution is 6.33. The van der Waals surface area contributed by atoms with Crippen molar-refractivity contribution in [1.82, 2.24) is 9.88 Å². The molecule has 1 atom stereocenters. The van der Waals surface area contributed by atoms with Gasteiger partial charge in [0, 0.05) is 30.5 Å². The second-order valence-corrected chi connectivity index (χ2v) is 11.5. The van der Waals surface area contributed by atoms with Crippen LogP contribution in [-0.2, 0) is 4.74 Å². The first kappa shape index (κ1) is 28.4. The van der Waals surface area contributed by atoms with Gasteiger partial charge in [-0.25, -0.2) is 4.79 Å². The van der Waals surface area contributed by atoms with Gasteiger partial charge in [-0.3, -0.25) is 14.9 Å². The van der Waals surface area contributed by atoms with E-state index in [9.17, 15) is 19.7 Å². The number of nitro groups is 1. The van der Waals surface area contributed by atoms with Gasteiger partial charge in [0.15, 0.2) is 0 Å². The Kier molecular flexibility index (Phi) is 8.20. The number of ether oxygens (including phenoxy) is 2. The van der Waals surface area contributed by atoms with Gasteiger partial charge >= 0.3 is 6.09 Å². The number of hydrogen-bond acceptors (Lipinski definition) is 6.